The highest BCUT2D eigenvalue weighted by Crippen LogP contribution is 2.19. The maximum Gasteiger partial charge on any atom is 0.243 e. The Bertz CT molecular complexity index is 798. The summed E-state index contributed by atoms with van der Waals surface area (Å²) in [6.45, 7) is 5.65. The summed E-state index contributed by atoms with van der Waals surface area (Å²) in [5, 5.41) is 2.84. The predicted octanol–water partition coefficient (Wildman–Crippen LogP) is 2.62. The molecular weight excluding hydrogens is 350 g/mol. The molecule has 0 aliphatic carbocycles. The van der Waals surface area contributed by atoms with E-state index in [1.54, 1.807) is 30.5 Å². The second kappa shape index (κ2) is 7.63. The number of sulfonamides is 1. The highest BCUT2D eigenvalue weighted by Gasteiger charge is 2.17. The second-order valence-corrected chi connectivity index (χ2v) is 8.33. The van der Waals surface area contributed by atoms with Crippen molar-refractivity contribution in [2.45, 2.75) is 26.9 Å². The number of hydrogen-bond donors (Lipinski definition) is 2. The summed E-state index contributed by atoms with van der Waals surface area (Å²) in [5.74, 6) is -0.683. The molecule has 0 bridgehead atoms. The number of anilines is 2. The van der Waals surface area contributed by atoms with E-state index in [4.69, 9.17) is 4.74 Å². The number of benzene rings is 1. The van der Waals surface area contributed by atoms with Crippen molar-refractivity contribution in [1.29, 1.82) is 0 Å². The molecular formula is C15H19N3O4S2. The smallest absolute Gasteiger partial charge is 0.243 e. The second-order valence-electron chi connectivity index (χ2n) is 5.38. The number of hydrogen-bond acceptors (Lipinski definition) is 6. The van der Waals surface area contributed by atoms with Gasteiger partial charge in [-0.3, -0.25) is 9.52 Å². The Kier molecular flexibility index (Phi) is 5.79. The highest BCUT2D eigenvalue weighted by molar-refractivity contribution is 7.93. The van der Waals surface area contributed by atoms with Gasteiger partial charge in [0.1, 0.15) is 11.5 Å². The number of nitrogens with zero attached hydrogens (tertiary/aromatic N) is 1. The number of thiazole rings is 1. The third-order valence-corrected chi connectivity index (χ3v) is 4.71. The number of aromatic nitrogens is 1. The normalized spacial score (nSPS) is 11.3. The Morgan fingerprint density at radius 3 is 2.50 bits per heavy atom. The van der Waals surface area contributed by atoms with Crippen LogP contribution < -0.4 is 14.8 Å². The molecule has 0 atom stereocenters. The van der Waals surface area contributed by atoms with Crippen molar-refractivity contribution in [3.8, 4) is 5.75 Å². The number of rotatable bonds is 7. The number of amides is 1. The van der Waals surface area contributed by atoms with Gasteiger partial charge in [0.2, 0.25) is 15.9 Å². The SMILES string of the molecule is Cc1cnc(NC(=O)CS(=O)(=O)Nc2ccc(OC(C)C)cc2)s1. The Morgan fingerprint density at radius 2 is 1.96 bits per heavy atom. The average molecular weight is 369 g/mol. The van der Waals surface area contributed by atoms with Crippen molar-refractivity contribution < 1.29 is 17.9 Å². The summed E-state index contributed by atoms with van der Waals surface area (Å²) in [6.07, 6.45) is 1.64. The van der Waals surface area contributed by atoms with E-state index in [-0.39, 0.29) is 6.10 Å². The van der Waals surface area contributed by atoms with E-state index in [9.17, 15) is 13.2 Å². The van der Waals surface area contributed by atoms with Crippen molar-refractivity contribution >= 4 is 38.1 Å². The van der Waals surface area contributed by atoms with Gasteiger partial charge in [-0.1, -0.05) is 0 Å². The van der Waals surface area contributed by atoms with Crippen LogP contribution in [0.3, 0.4) is 0 Å². The van der Waals surface area contributed by atoms with Gasteiger partial charge in [-0.2, -0.15) is 0 Å². The quantitative estimate of drug-likeness (QED) is 0.782. The van der Waals surface area contributed by atoms with E-state index in [0.717, 1.165) is 4.88 Å². The molecule has 1 aromatic heterocycles. The molecule has 2 aromatic rings. The molecule has 24 heavy (non-hydrogen) atoms. The van der Waals surface area contributed by atoms with Crippen molar-refractivity contribution in [1.82, 2.24) is 4.98 Å². The Morgan fingerprint density at radius 1 is 1.29 bits per heavy atom. The molecule has 0 saturated carbocycles. The molecule has 2 rings (SSSR count). The van der Waals surface area contributed by atoms with E-state index >= 15 is 0 Å². The topological polar surface area (TPSA) is 97.4 Å². The number of aryl methyl sites for hydroxylation is 1. The number of ether oxygens (including phenoxy) is 1. The van der Waals surface area contributed by atoms with Crippen LogP contribution >= 0.6 is 11.3 Å². The first-order valence-corrected chi connectivity index (χ1v) is 9.70. The van der Waals surface area contributed by atoms with Gasteiger partial charge in [0, 0.05) is 16.8 Å². The minimum absolute atomic E-state index is 0.0331. The van der Waals surface area contributed by atoms with Gasteiger partial charge >= 0.3 is 0 Å². The Hall–Kier alpha value is -2.13. The standard InChI is InChI=1S/C15H19N3O4S2/c1-10(2)22-13-6-4-12(5-7-13)18-24(20,21)9-14(19)17-15-16-8-11(3)23-15/h4-8,10,18H,9H2,1-3H3,(H,16,17,19). The lowest BCUT2D eigenvalue weighted by Crippen LogP contribution is -2.27. The molecule has 1 amide bonds. The van der Waals surface area contributed by atoms with Crippen LogP contribution in [0.25, 0.3) is 0 Å². The number of nitrogens with one attached hydrogen (secondary N) is 2. The van der Waals surface area contributed by atoms with Crippen LogP contribution in [0.4, 0.5) is 10.8 Å². The van der Waals surface area contributed by atoms with Gasteiger partial charge in [0.05, 0.1) is 6.10 Å². The van der Waals surface area contributed by atoms with E-state index in [1.807, 2.05) is 20.8 Å². The zero-order valence-corrected chi connectivity index (χ0v) is 15.2. The molecule has 0 aliphatic heterocycles. The molecule has 0 saturated heterocycles. The fraction of sp³-hybridized carbons (Fsp3) is 0.333. The minimum Gasteiger partial charge on any atom is -0.491 e. The van der Waals surface area contributed by atoms with Crippen LogP contribution in [0, 0.1) is 6.92 Å². The van der Waals surface area contributed by atoms with Crippen LogP contribution in [0.5, 0.6) is 5.75 Å². The average Bonchev–Trinajstić information content (AvgIpc) is 2.84. The van der Waals surface area contributed by atoms with Crippen molar-refractivity contribution in [2.24, 2.45) is 0 Å². The van der Waals surface area contributed by atoms with Crippen LogP contribution in [-0.2, 0) is 14.8 Å². The van der Waals surface area contributed by atoms with Crippen molar-refractivity contribution in [3.63, 3.8) is 0 Å². The first-order chi connectivity index (χ1) is 11.2. The summed E-state index contributed by atoms with van der Waals surface area (Å²) in [6, 6.07) is 6.49. The van der Waals surface area contributed by atoms with E-state index in [2.05, 4.69) is 15.0 Å². The maximum absolute atomic E-state index is 12.0. The predicted molar refractivity (Wildman–Crippen MR) is 95.1 cm³/mol. The first-order valence-electron chi connectivity index (χ1n) is 7.23. The molecule has 1 aromatic carbocycles. The lowest BCUT2D eigenvalue weighted by atomic mass is 10.3. The largest absolute Gasteiger partial charge is 0.491 e. The van der Waals surface area contributed by atoms with Gasteiger partial charge < -0.3 is 10.1 Å². The summed E-state index contributed by atoms with van der Waals surface area (Å²) >= 11 is 1.28. The van der Waals surface area contributed by atoms with Crippen LogP contribution in [0.1, 0.15) is 18.7 Å². The zero-order valence-electron chi connectivity index (χ0n) is 13.6. The van der Waals surface area contributed by atoms with Gasteiger partial charge in [-0.05, 0) is 45.0 Å². The zero-order chi connectivity index (χ0) is 17.7. The van der Waals surface area contributed by atoms with Gasteiger partial charge in [0.25, 0.3) is 0 Å². The molecule has 130 valence electrons. The van der Waals surface area contributed by atoms with Gasteiger partial charge in [-0.25, -0.2) is 13.4 Å². The lowest BCUT2D eigenvalue weighted by Gasteiger charge is -2.11. The van der Waals surface area contributed by atoms with Gasteiger partial charge in [0.15, 0.2) is 5.13 Å². The summed E-state index contributed by atoms with van der Waals surface area (Å²) in [5.41, 5.74) is 0.365. The summed E-state index contributed by atoms with van der Waals surface area (Å²) < 4.78 is 31.9. The fourth-order valence-corrected chi connectivity index (χ4v) is 3.50. The lowest BCUT2D eigenvalue weighted by molar-refractivity contribution is -0.113. The summed E-state index contributed by atoms with van der Waals surface area (Å²) in [4.78, 5) is 16.7. The molecule has 9 heteroatoms. The van der Waals surface area contributed by atoms with Gasteiger partial charge in [-0.15, -0.1) is 11.3 Å². The van der Waals surface area contributed by atoms with Crippen LogP contribution in [-0.4, -0.2) is 31.2 Å². The molecule has 0 unspecified atom stereocenters. The van der Waals surface area contributed by atoms with Crippen LogP contribution in [0.2, 0.25) is 0 Å². The molecule has 0 aliphatic rings. The molecule has 0 spiro atoms. The Balaban J connectivity index is 1.94. The van der Waals surface area contributed by atoms with Crippen molar-refractivity contribution in [2.75, 3.05) is 15.8 Å². The molecule has 7 nitrogen and oxygen atoms in total. The monoisotopic (exact) mass is 369 g/mol. The molecule has 2 N–H and O–H groups in total. The Labute approximate surface area is 145 Å². The summed E-state index contributed by atoms with van der Waals surface area (Å²) in [7, 11) is -3.81. The van der Waals surface area contributed by atoms with E-state index in [0.29, 0.717) is 16.6 Å². The van der Waals surface area contributed by atoms with Crippen LogP contribution in [0.15, 0.2) is 30.5 Å². The molecule has 0 radical (unpaired) electrons. The van der Waals surface area contributed by atoms with E-state index < -0.39 is 21.7 Å². The van der Waals surface area contributed by atoms with Crippen molar-refractivity contribution in [3.05, 3.63) is 35.3 Å². The third kappa shape index (κ3) is 5.82. The molecule has 1 heterocycles. The first kappa shape index (κ1) is 18.2. The minimum atomic E-state index is -3.81. The van der Waals surface area contributed by atoms with E-state index in [1.165, 1.54) is 11.3 Å². The maximum atomic E-state index is 12.0. The number of carbonyl (C=O) groups excluding carboxylic acids is 1. The number of carbonyl (C=O) groups is 1. The fourth-order valence-electron chi connectivity index (χ4n) is 1.83. The molecule has 0 fully saturated rings. The third-order valence-electron chi connectivity index (χ3n) is 2.69. The highest BCUT2D eigenvalue weighted by atomic mass is 32.2.